The molecular weight excluding hydrogens is 308 g/mol. The maximum atomic E-state index is 12.0. The number of rotatable bonds is 3. The van der Waals surface area contributed by atoms with Crippen LogP contribution in [0.5, 0.6) is 0 Å². The molecule has 0 saturated heterocycles. The molecule has 0 spiro atoms. The van der Waals surface area contributed by atoms with Crippen LogP contribution in [0.3, 0.4) is 0 Å². The van der Waals surface area contributed by atoms with Crippen molar-refractivity contribution < 1.29 is 9.59 Å². The third kappa shape index (κ3) is 3.04. The molecule has 1 aliphatic heterocycles. The lowest BCUT2D eigenvalue weighted by molar-refractivity contribution is -0.114. The molecule has 102 valence electrons. The molecule has 0 unspecified atom stereocenters. The second-order valence-corrected chi connectivity index (χ2v) is 6.54. The fraction of sp³-hybridized carbons (Fsp3) is 0.429. The summed E-state index contributed by atoms with van der Waals surface area (Å²) in [6.07, 6.45) is 0. The van der Waals surface area contributed by atoms with Crippen molar-refractivity contribution in [1.82, 2.24) is 5.32 Å². The summed E-state index contributed by atoms with van der Waals surface area (Å²) in [6.45, 7) is 7.33. The van der Waals surface area contributed by atoms with E-state index in [9.17, 15) is 9.59 Å². The summed E-state index contributed by atoms with van der Waals surface area (Å²) in [5.41, 5.74) is 1.18. The van der Waals surface area contributed by atoms with Crippen molar-refractivity contribution in [3.05, 3.63) is 28.2 Å². The maximum absolute atomic E-state index is 12.0. The zero-order valence-corrected chi connectivity index (χ0v) is 12.9. The van der Waals surface area contributed by atoms with Gasteiger partial charge in [-0.05, 0) is 39.0 Å². The van der Waals surface area contributed by atoms with Gasteiger partial charge < -0.3 is 10.2 Å². The van der Waals surface area contributed by atoms with Crippen LogP contribution in [0.4, 0.5) is 5.69 Å². The number of nitrogens with one attached hydrogen (secondary N) is 1. The molecule has 19 heavy (non-hydrogen) atoms. The maximum Gasteiger partial charge on any atom is 0.299 e. The standard InChI is InChI=1S/C14H17BrN2O2/c1-14(2,3)16-6-7-17-11-8-9(15)4-5-10(11)12(18)13(17)19/h4-5,8,16H,6-7H2,1-3H3. The summed E-state index contributed by atoms with van der Waals surface area (Å²) in [4.78, 5) is 25.4. The first-order valence-electron chi connectivity index (χ1n) is 6.20. The molecular formula is C14H17BrN2O2. The van der Waals surface area contributed by atoms with Crippen LogP contribution < -0.4 is 10.2 Å². The predicted molar refractivity (Wildman–Crippen MR) is 78.6 cm³/mol. The normalized spacial score (nSPS) is 15.1. The molecule has 0 aliphatic carbocycles. The van der Waals surface area contributed by atoms with Crippen LogP contribution >= 0.6 is 15.9 Å². The lowest BCUT2D eigenvalue weighted by atomic mass is 10.1. The van der Waals surface area contributed by atoms with Crippen LogP contribution in [0.15, 0.2) is 22.7 Å². The number of nitrogens with zero attached hydrogens (tertiary/aromatic N) is 1. The molecule has 1 amide bonds. The van der Waals surface area contributed by atoms with E-state index in [0.29, 0.717) is 24.3 Å². The van der Waals surface area contributed by atoms with E-state index in [1.165, 1.54) is 0 Å². The molecule has 1 N–H and O–H groups in total. The Hall–Kier alpha value is -1.20. The second-order valence-electron chi connectivity index (χ2n) is 5.62. The van der Waals surface area contributed by atoms with Gasteiger partial charge in [0.05, 0.1) is 11.3 Å². The van der Waals surface area contributed by atoms with Crippen LogP contribution in [0, 0.1) is 0 Å². The number of Topliss-reactive ketones (excluding diaryl/α,β-unsaturated/α-hetero) is 1. The molecule has 1 aliphatic rings. The molecule has 4 nitrogen and oxygen atoms in total. The molecule has 5 heteroatoms. The Morgan fingerprint density at radius 1 is 1.26 bits per heavy atom. The van der Waals surface area contributed by atoms with Crippen LogP contribution in [0.25, 0.3) is 0 Å². The van der Waals surface area contributed by atoms with E-state index in [4.69, 9.17) is 0 Å². The van der Waals surface area contributed by atoms with Gasteiger partial charge in [-0.3, -0.25) is 9.59 Å². The molecule has 0 saturated carbocycles. The quantitative estimate of drug-likeness (QED) is 0.868. The van der Waals surface area contributed by atoms with Gasteiger partial charge in [-0.2, -0.15) is 0 Å². The Morgan fingerprint density at radius 3 is 2.58 bits per heavy atom. The third-order valence-electron chi connectivity index (χ3n) is 2.93. The molecule has 0 fully saturated rings. The van der Waals surface area contributed by atoms with E-state index in [2.05, 4.69) is 42.0 Å². The minimum atomic E-state index is -0.441. The lowest BCUT2D eigenvalue weighted by Gasteiger charge is -2.23. The largest absolute Gasteiger partial charge is 0.310 e. The number of anilines is 1. The van der Waals surface area contributed by atoms with E-state index in [1.54, 1.807) is 17.0 Å². The molecule has 0 atom stereocenters. The third-order valence-corrected chi connectivity index (χ3v) is 3.42. The summed E-state index contributed by atoms with van der Waals surface area (Å²) in [5, 5.41) is 3.31. The molecule has 0 aromatic heterocycles. The molecule has 1 heterocycles. The number of benzene rings is 1. The SMILES string of the molecule is CC(C)(C)NCCN1C(=O)C(=O)c2ccc(Br)cc21. The van der Waals surface area contributed by atoms with Gasteiger partial charge in [0.15, 0.2) is 0 Å². The minimum Gasteiger partial charge on any atom is -0.310 e. The van der Waals surface area contributed by atoms with Gasteiger partial charge in [-0.1, -0.05) is 15.9 Å². The van der Waals surface area contributed by atoms with Crippen LogP contribution in [0.1, 0.15) is 31.1 Å². The molecule has 1 aromatic rings. The number of hydrogen-bond donors (Lipinski definition) is 1. The van der Waals surface area contributed by atoms with E-state index < -0.39 is 11.7 Å². The molecule has 0 bridgehead atoms. The number of carbonyl (C=O) groups is 2. The molecule has 2 rings (SSSR count). The van der Waals surface area contributed by atoms with Crippen molar-refractivity contribution in [3.8, 4) is 0 Å². The van der Waals surface area contributed by atoms with Gasteiger partial charge >= 0.3 is 0 Å². The van der Waals surface area contributed by atoms with Gasteiger partial charge in [-0.25, -0.2) is 0 Å². The van der Waals surface area contributed by atoms with Crippen molar-refractivity contribution in [2.24, 2.45) is 0 Å². The van der Waals surface area contributed by atoms with Gasteiger partial charge in [0.1, 0.15) is 0 Å². The van der Waals surface area contributed by atoms with Gasteiger partial charge in [0, 0.05) is 23.1 Å². The number of ketones is 1. The van der Waals surface area contributed by atoms with E-state index >= 15 is 0 Å². The Bertz CT molecular complexity index is 535. The minimum absolute atomic E-state index is 0.00706. The fourth-order valence-corrected chi connectivity index (χ4v) is 2.38. The summed E-state index contributed by atoms with van der Waals surface area (Å²) >= 11 is 3.37. The van der Waals surface area contributed by atoms with Crippen molar-refractivity contribution in [1.29, 1.82) is 0 Å². The molecule has 0 radical (unpaired) electrons. The first-order valence-corrected chi connectivity index (χ1v) is 7.00. The highest BCUT2D eigenvalue weighted by molar-refractivity contribution is 9.10. The Morgan fingerprint density at radius 2 is 1.95 bits per heavy atom. The highest BCUT2D eigenvalue weighted by atomic mass is 79.9. The first-order chi connectivity index (χ1) is 8.79. The first kappa shape index (κ1) is 14.2. The summed E-state index contributed by atoms with van der Waals surface area (Å²) in [7, 11) is 0. The lowest BCUT2D eigenvalue weighted by Crippen LogP contribution is -2.42. The fourth-order valence-electron chi connectivity index (χ4n) is 2.03. The summed E-state index contributed by atoms with van der Waals surface area (Å²) in [6, 6.07) is 5.28. The highest BCUT2D eigenvalue weighted by Crippen LogP contribution is 2.31. The number of carbonyl (C=O) groups excluding carboxylic acids is 2. The zero-order valence-electron chi connectivity index (χ0n) is 11.3. The monoisotopic (exact) mass is 324 g/mol. The van der Waals surface area contributed by atoms with E-state index in [0.717, 1.165) is 4.47 Å². The van der Waals surface area contributed by atoms with E-state index in [-0.39, 0.29) is 5.54 Å². The molecule has 1 aromatic carbocycles. The van der Waals surface area contributed by atoms with Crippen molar-refractivity contribution in [2.45, 2.75) is 26.3 Å². The predicted octanol–water partition coefficient (Wildman–Crippen LogP) is 2.37. The van der Waals surface area contributed by atoms with Crippen LogP contribution in [-0.2, 0) is 4.79 Å². The summed E-state index contributed by atoms with van der Waals surface area (Å²) in [5.74, 6) is -0.859. The van der Waals surface area contributed by atoms with Gasteiger partial charge in [-0.15, -0.1) is 0 Å². The second kappa shape index (κ2) is 5.06. The van der Waals surface area contributed by atoms with E-state index in [1.807, 2.05) is 6.07 Å². The Balaban J connectivity index is 2.16. The topological polar surface area (TPSA) is 49.4 Å². The number of halogens is 1. The zero-order chi connectivity index (χ0) is 14.2. The average Bonchev–Trinajstić information content (AvgIpc) is 2.52. The summed E-state index contributed by atoms with van der Waals surface area (Å²) < 4.78 is 0.863. The van der Waals surface area contributed by atoms with Crippen molar-refractivity contribution >= 4 is 33.3 Å². The Labute approximate surface area is 121 Å². The van der Waals surface area contributed by atoms with Crippen molar-refractivity contribution in [3.63, 3.8) is 0 Å². The van der Waals surface area contributed by atoms with Crippen LogP contribution in [-0.4, -0.2) is 30.3 Å². The average molecular weight is 325 g/mol. The smallest absolute Gasteiger partial charge is 0.299 e. The van der Waals surface area contributed by atoms with Crippen LogP contribution in [0.2, 0.25) is 0 Å². The number of hydrogen-bond acceptors (Lipinski definition) is 3. The van der Waals surface area contributed by atoms with Gasteiger partial charge in [0.25, 0.3) is 11.7 Å². The number of amides is 1. The van der Waals surface area contributed by atoms with Crippen molar-refractivity contribution in [2.75, 3.05) is 18.0 Å². The highest BCUT2D eigenvalue weighted by Gasteiger charge is 2.35. The van der Waals surface area contributed by atoms with Gasteiger partial charge in [0.2, 0.25) is 0 Å². The Kier molecular flexibility index (Phi) is 3.78. The number of fused-ring (bicyclic) bond motifs is 1.